The van der Waals surface area contributed by atoms with E-state index in [0.29, 0.717) is 38.0 Å². The maximum absolute atomic E-state index is 11.8. The molecule has 1 rings (SSSR count). The van der Waals surface area contributed by atoms with E-state index >= 15 is 0 Å². The molecule has 1 aromatic rings. The van der Waals surface area contributed by atoms with Gasteiger partial charge in [-0.1, -0.05) is 19.1 Å². The lowest BCUT2D eigenvalue weighted by atomic mass is 10.1. The van der Waals surface area contributed by atoms with Crippen LogP contribution >= 0.6 is 0 Å². The minimum atomic E-state index is -0.402. The average Bonchev–Trinajstić information content (AvgIpc) is 2.72. The van der Waals surface area contributed by atoms with E-state index in [-0.39, 0.29) is 0 Å². The maximum Gasteiger partial charge on any atom is 0.360 e. The zero-order valence-electron chi connectivity index (χ0n) is 12.2. The number of aromatic nitrogens is 3. The van der Waals surface area contributed by atoms with Crippen molar-refractivity contribution >= 4 is 5.97 Å². The first-order valence-corrected chi connectivity index (χ1v) is 6.77. The molecular weight excluding hydrogens is 246 g/mol. The summed E-state index contributed by atoms with van der Waals surface area (Å²) in [7, 11) is 0. The number of carbonyl (C=O) groups is 1. The topological polar surface area (TPSA) is 66.2 Å². The number of esters is 1. The van der Waals surface area contributed by atoms with Crippen molar-refractivity contribution in [3.05, 3.63) is 11.4 Å². The molecule has 0 N–H and O–H groups in total. The van der Waals surface area contributed by atoms with Gasteiger partial charge in [-0.05, 0) is 26.2 Å². The van der Waals surface area contributed by atoms with Crippen LogP contribution in [-0.4, -0.2) is 40.8 Å². The van der Waals surface area contributed by atoms with Gasteiger partial charge in [0.25, 0.3) is 0 Å². The molecule has 0 atom stereocenters. The third-order valence-corrected chi connectivity index (χ3v) is 2.56. The van der Waals surface area contributed by atoms with Crippen molar-refractivity contribution in [2.24, 2.45) is 5.92 Å². The minimum absolute atomic E-state index is 0.326. The van der Waals surface area contributed by atoms with Gasteiger partial charge in [-0.2, -0.15) is 0 Å². The van der Waals surface area contributed by atoms with E-state index < -0.39 is 5.97 Å². The zero-order chi connectivity index (χ0) is 14.3. The van der Waals surface area contributed by atoms with Crippen LogP contribution in [0, 0.1) is 5.92 Å². The molecule has 6 heteroatoms. The maximum atomic E-state index is 11.8. The Balaban J connectivity index is 2.88. The van der Waals surface area contributed by atoms with E-state index in [1.165, 1.54) is 0 Å². The van der Waals surface area contributed by atoms with Gasteiger partial charge in [-0.15, -0.1) is 5.10 Å². The van der Waals surface area contributed by atoms with Crippen LogP contribution in [0.1, 0.15) is 43.9 Å². The molecule has 0 unspecified atom stereocenters. The molecule has 0 spiro atoms. The fourth-order valence-corrected chi connectivity index (χ4v) is 1.75. The zero-order valence-corrected chi connectivity index (χ0v) is 12.2. The van der Waals surface area contributed by atoms with E-state index in [1.54, 1.807) is 11.6 Å². The first kappa shape index (κ1) is 15.6. The summed E-state index contributed by atoms with van der Waals surface area (Å²) in [5.74, 6) is 0.0123. The number of hydrogen-bond acceptors (Lipinski definition) is 5. The molecule has 0 amide bonds. The van der Waals surface area contributed by atoms with E-state index in [1.807, 2.05) is 6.92 Å². The molecule has 6 nitrogen and oxygen atoms in total. The normalized spacial score (nSPS) is 11.0. The van der Waals surface area contributed by atoms with E-state index in [4.69, 9.17) is 9.47 Å². The first-order valence-electron chi connectivity index (χ1n) is 6.77. The highest BCUT2D eigenvalue weighted by Crippen LogP contribution is 2.13. The van der Waals surface area contributed by atoms with Crippen LogP contribution in [0.3, 0.4) is 0 Å². The highest BCUT2D eigenvalue weighted by Gasteiger charge is 2.21. The molecule has 0 radical (unpaired) electrons. The largest absolute Gasteiger partial charge is 0.461 e. The van der Waals surface area contributed by atoms with Gasteiger partial charge in [0.15, 0.2) is 5.69 Å². The van der Waals surface area contributed by atoms with E-state index in [0.717, 1.165) is 12.1 Å². The summed E-state index contributed by atoms with van der Waals surface area (Å²) in [6, 6.07) is 0. The standard InChI is InChI=1S/C13H23N3O3/c1-5-18-8-7-16-11(9-10(3)4)12(14-15-16)13(17)19-6-2/h10H,5-9H2,1-4H3. The second-order valence-corrected chi connectivity index (χ2v) is 4.62. The van der Waals surface area contributed by atoms with E-state index in [9.17, 15) is 4.79 Å². The molecule has 0 saturated heterocycles. The SMILES string of the molecule is CCOCCn1nnc(C(=O)OCC)c1CC(C)C. The van der Waals surface area contributed by atoms with Gasteiger partial charge in [-0.25, -0.2) is 9.48 Å². The lowest BCUT2D eigenvalue weighted by Gasteiger charge is -2.09. The van der Waals surface area contributed by atoms with Crippen LogP contribution < -0.4 is 0 Å². The van der Waals surface area contributed by atoms with Crippen LogP contribution in [0.15, 0.2) is 0 Å². The predicted octanol–water partition coefficient (Wildman–Crippen LogP) is 1.69. The molecule has 1 aromatic heterocycles. The molecule has 0 fully saturated rings. The van der Waals surface area contributed by atoms with Crippen LogP contribution in [0.5, 0.6) is 0 Å². The molecule has 0 saturated carbocycles. The minimum Gasteiger partial charge on any atom is -0.461 e. The van der Waals surface area contributed by atoms with Crippen molar-refractivity contribution in [1.82, 2.24) is 15.0 Å². The van der Waals surface area contributed by atoms with Crippen molar-refractivity contribution in [3.63, 3.8) is 0 Å². The molecule has 0 aromatic carbocycles. The van der Waals surface area contributed by atoms with E-state index in [2.05, 4.69) is 24.2 Å². The smallest absolute Gasteiger partial charge is 0.360 e. The highest BCUT2D eigenvalue weighted by molar-refractivity contribution is 5.88. The third-order valence-electron chi connectivity index (χ3n) is 2.56. The van der Waals surface area contributed by atoms with Crippen LogP contribution in [-0.2, 0) is 22.4 Å². The van der Waals surface area contributed by atoms with Crippen molar-refractivity contribution in [3.8, 4) is 0 Å². The Morgan fingerprint density at radius 1 is 1.32 bits per heavy atom. The third kappa shape index (κ3) is 4.63. The number of rotatable bonds is 8. The van der Waals surface area contributed by atoms with Crippen LogP contribution in [0.25, 0.3) is 0 Å². The summed E-state index contributed by atoms with van der Waals surface area (Å²) in [4.78, 5) is 11.8. The molecule has 19 heavy (non-hydrogen) atoms. The average molecular weight is 269 g/mol. The van der Waals surface area contributed by atoms with Crippen LogP contribution in [0.4, 0.5) is 0 Å². The van der Waals surface area contributed by atoms with Gasteiger partial charge >= 0.3 is 5.97 Å². The number of carbonyl (C=O) groups excluding carboxylic acids is 1. The van der Waals surface area contributed by atoms with Crippen LogP contribution in [0.2, 0.25) is 0 Å². The summed E-state index contributed by atoms with van der Waals surface area (Å²) < 4.78 is 12.1. The Labute approximate surface area is 114 Å². The van der Waals surface area contributed by atoms with Gasteiger partial charge in [0.1, 0.15) is 0 Å². The number of hydrogen-bond donors (Lipinski definition) is 0. The molecular formula is C13H23N3O3. The lowest BCUT2D eigenvalue weighted by molar-refractivity contribution is 0.0517. The number of ether oxygens (including phenoxy) is 2. The highest BCUT2D eigenvalue weighted by atomic mass is 16.5. The summed E-state index contributed by atoms with van der Waals surface area (Å²) in [6.45, 7) is 10.1. The molecule has 1 heterocycles. The number of nitrogens with zero attached hydrogens (tertiary/aromatic N) is 3. The Bertz CT molecular complexity index is 402. The van der Waals surface area contributed by atoms with Gasteiger partial charge in [0.05, 0.1) is 25.5 Å². The molecule has 0 aliphatic rings. The van der Waals surface area contributed by atoms with Gasteiger partial charge in [0, 0.05) is 6.61 Å². The Kier molecular flexibility index (Phi) is 6.49. The summed E-state index contributed by atoms with van der Waals surface area (Å²) in [5, 5.41) is 7.98. The van der Waals surface area contributed by atoms with Gasteiger partial charge in [0.2, 0.25) is 0 Å². The summed E-state index contributed by atoms with van der Waals surface area (Å²) in [6.07, 6.45) is 0.743. The fourth-order valence-electron chi connectivity index (χ4n) is 1.75. The Morgan fingerprint density at radius 2 is 2.05 bits per heavy atom. The van der Waals surface area contributed by atoms with Gasteiger partial charge < -0.3 is 9.47 Å². The molecule has 0 aliphatic heterocycles. The van der Waals surface area contributed by atoms with Crippen molar-refractivity contribution in [2.45, 2.75) is 40.7 Å². The first-order chi connectivity index (χ1) is 9.10. The summed E-state index contributed by atoms with van der Waals surface area (Å²) in [5.41, 5.74) is 1.15. The Morgan fingerprint density at radius 3 is 2.63 bits per heavy atom. The van der Waals surface area contributed by atoms with Crippen molar-refractivity contribution in [2.75, 3.05) is 19.8 Å². The van der Waals surface area contributed by atoms with Crippen molar-refractivity contribution in [1.29, 1.82) is 0 Å². The van der Waals surface area contributed by atoms with Gasteiger partial charge in [-0.3, -0.25) is 0 Å². The quantitative estimate of drug-likeness (QED) is 0.530. The fraction of sp³-hybridized carbons (Fsp3) is 0.769. The second-order valence-electron chi connectivity index (χ2n) is 4.62. The molecule has 108 valence electrons. The Hall–Kier alpha value is -1.43. The molecule has 0 bridgehead atoms. The summed E-state index contributed by atoms with van der Waals surface area (Å²) >= 11 is 0. The monoisotopic (exact) mass is 269 g/mol. The predicted molar refractivity (Wildman–Crippen MR) is 71.0 cm³/mol. The van der Waals surface area contributed by atoms with Crippen molar-refractivity contribution < 1.29 is 14.3 Å². The lowest BCUT2D eigenvalue weighted by Crippen LogP contribution is -2.15. The second kappa shape index (κ2) is 7.89. The molecule has 0 aliphatic carbocycles.